The number of hydrogen-bond donors (Lipinski definition) is 1. The molecule has 172 valence electrons. The Bertz CT molecular complexity index is 1550. The number of rotatable bonds is 2. The zero-order valence-electron chi connectivity index (χ0n) is 21.2. The summed E-state index contributed by atoms with van der Waals surface area (Å²) in [6, 6.07) is 31.9. The lowest BCUT2D eigenvalue weighted by Gasteiger charge is -2.35. The third-order valence-electron chi connectivity index (χ3n) is 8.30. The van der Waals surface area contributed by atoms with E-state index in [1.165, 1.54) is 60.8 Å². The number of nitrogens with two attached hydrogens (primary N) is 1. The van der Waals surface area contributed by atoms with Crippen LogP contribution in [0, 0.1) is 34.6 Å². The van der Waals surface area contributed by atoms with Crippen molar-refractivity contribution in [2.24, 2.45) is 0 Å². The first kappa shape index (κ1) is 21.7. The average Bonchev–Trinajstić information content (AvgIpc) is 3.14. The van der Waals surface area contributed by atoms with Gasteiger partial charge >= 0.3 is 0 Å². The van der Waals surface area contributed by atoms with Gasteiger partial charge in [0.05, 0.1) is 5.41 Å². The molecule has 0 amide bonds. The predicted molar refractivity (Wildman–Crippen MR) is 149 cm³/mol. The molecule has 0 spiro atoms. The molecule has 0 radical (unpaired) electrons. The zero-order valence-corrected chi connectivity index (χ0v) is 21.2. The van der Waals surface area contributed by atoms with Gasteiger partial charge in [-0.2, -0.15) is 0 Å². The van der Waals surface area contributed by atoms with Gasteiger partial charge in [0.25, 0.3) is 0 Å². The van der Waals surface area contributed by atoms with E-state index in [4.69, 9.17) is 5.73 Å². The molecular weight excluding hydrogens is 422 g/mol. The first-order chi connectivity index (χ1) is 16.8. The molecule has 1 unspecified atom stereocenters. The van der Waals surface area contributed by atoms with Gasteiger partial charge < -0.3 is 5.73 Å². The molecule has 0 fully saturated rings. The second-order valence-corrected chi connectivity index (χ2v) is 10.3. The predicted octanol–water partition coefficient (Wildman–Crippen LogP) is 8.33. The standard InChI is InChI=1S/C34H31N/c1-20-14-27(15-21(2)24(20)5)34(28-16-22(3)33(35)23(4)17-28)31-13-9-8-12-29(31)30-18-25-10-6-7-11-26(25)19-32(30)34/h6-19H,35H2,1-5H3. The highest BCUT2D eigenvalue weighted by Gasteiger charge is 2.46. The van der Waals surface area contributed by atoms with Gasteiger partial charge in [0, 0.05) is 5.69 Å². The van der Waals surface area contributed by atoms with Crippen LogP contribution in [0.4, 0.5) is 5.69 Å². The van der Waals surface area contributed by atoms with Crippen LogP contribution < -0.4 is 5.73 Å². The number of aryl methyl sites for hydroxylation is 4. The first-order valence-corrected chi connectivity index (χ1v) is 12.4. The normalized spacial score (nSPS) is 16.4. The molecule has 0 aromatic heterocycles. The fourth-order valence-electron chi connectivity index (χ4n) is 6.20. The highest BCUT2D eigenvalue weighted by Crippen LogP contribution is 2.57. The minimum Gasteiger partial charge on any atom is -0.398 e. The van der Waals surface area contributed by atoms with Crippen LogP contribution in [0.15, 0.2) is 84.9 Å². The SMILES string of the molecule is Cc1cc(C2(c3cc(C)c(N)c(C)c3)c3ccccc3-c3cc4ccccc4cc32)cc(C)c1C. The Morgan fingerprint density at radius 3 is 1.66 bits per heavy atom. The minimum atomic E-state index is -0.414. The molecular formula is C34H31N. The van der Waals surface area contributed by atoms with E-state index in [0.29, 0.717) is 0 Å². The van der Waals surface area contributed by atoms with Crippen molar-refractivity contribution < 1.29 is 0 Å². The molecule has 35 heavy (non-hydrogen) atoms. The van der Waals surface area contributed by atoms with Gasteiger partial charge in [-0.15, -0.1) is 0 Å². The summed E-state index contributed by atoms with van der Waals surface area (Å²) in [4.78, 5) is 0. The van der Waals surface area contributed by atoms with Crippen molar-refractivity contribution in [1.29, 1.82) is 0 Å². The fourth-order valence-corrected chi connectivity index (χ4v) is 6.20. The molecule has 1 nitrogen and oxygen atoms in total. The second-order valence-electron chi connectivity index (χ2n) is 10.3. The third-order valence-corrected chi connectivity index (χ3v) is 8.30. The highest BCUT2D eigenvalue weighted by atomic mass is 14.6. The maximum Gasteiger partial charge on any atom is 0.0714 e. The van der Waals surface area contributed by atoms with Gasteiger partial charge in [0.2, 0.25) is 0 Å². The van der Waals surface area contributed by atoms with Crippen molar-refractivity contribution in [2.45, 2.75) is 40.0 Å². The van der Waals surface area contributed by atoms with E-state index in [1.54, 1.807) is 0 Å². The van der Waals surface area contributed by atoms with Crippen molar-refractivity contribution in [3.05, 3.63) is 135 Å². The minimum absolute atomic E-state index is 0.414. The molecule has 1 heteroatoms. The van der Waals surface area contributed by atoms with Crippen LogP contribution in [0.2, 0.25) is 0 Å². The van der Waals surface area contributed by atoms with E-state index in [2.05, 4.69) is 120 Å². The van der Waals surface area contributed by atoms with Gasteiger partial charge in [0.1, 0.15) is 0 Å². The van der Waals surface area contributed by atoms with Crippen LogP contribution in [0.1, 0.15) is 50.1 Å². The molecule has 5 aromatic rings. The third kappa shape index (κ3) is 2.94. The van der Waals surface area contributed by atoms with Crippen LogP contribution in [-0.4, -0.2) is 0 Å². The molecule has 0 aliphatic heterocycles. The summed E-state index contributed by atoms with van der Waals surface area (Å²) in [6.45, 7) is 11.0. The lowest BCUT2D eigenvalue weighted by Crippen LogP contribution is -2.29. The van der Waals surface area contributed by atoms with E-state index in [9.17, 15) is 0 Å². The number of hydrogen-bond acceptors (Lipinski definition) is 1. The van der Waals surface area contributed by atoms with E-state index >= 15 is 0 Å². The molecule has 5 aromatic carbocycles. The molecule has 1 atom stereocenters. The topological polar surface area (TPSA) is 26.0 Å². The van der Waals surface area contributed by atoms with Gasteiger partial charge in [-0.3, -0.25) is 0 Å². The van der Waals surface area contributed by atoms with E-state index in [1.807, 2.05) is 0 Å². The lowest BCUT2D eigenvalue weighted by molar-refractivity contribution is 0.764. The Labute approximate surface area is 208 Å². The van der Waals surface area contributed by atoms with Crippen molar-refractivity contribution in [1.82, 2.24) is 0 Å². The molecule has 6 rings (SSSR count). The summed E-state index contributed by atoms with van der Waals surface area (Å²) in [5.74, 6) is 0. The smallest absolute Gasteiger partial charge is 0.0714 e. The molecule has 1 aliphatic rings. The van der Waals surface area contributed by atoms with Crippen LogP contribution in [-0.2, 0) is 5.41 Å². The Kier molecular flexibility index (Phi) is 4.70. The number of nitrogen functional groups attached to an aromatic ring is 1. The second kappa shape index (κ2) is 7.58. The highest BCUT2D eigenvalue weighted by molar-refractivity contribution is 5.96. The molecule has 0 saturated heterocycles. The van der Waals surface area contributed by atoms with E-state index in [-0.39, 0.29) is 0 Å². The number of anilines is 1. The summed E-state index contributed by atoms with van der Waals surface area (Å²) in [7, 11) is 0. The average molecular weight is 454 g/mol. The summed E-state index contributed by atoms with van der Waals surface area (Å²) >= 11 is 0. The summed E-state index contributed by atoms with van der Waals surface area (Å²) in [6.07, 6.45) is 0. The van der Waals surface area contributed by atoms with Crippen molar-refractivity contribution in [2.75, 3.05) is 5.73 Å². The Morgan fingerprint density at radius 1 is 0.514 bits per heavy atom. The summed E-state index contributed by atoms with van der Waals surface area (Å²) in [5, 5.41) is 2.55. The van der Waals surface area contributed by atoms with Crippen LogP contribution in [0.25, 0.3) is 21.9 Å². The molecule has 0 saturated carbocycles. The largest absolute Gasteiger partial charge is 0.398 e. The van der Waals surface area contributed by atoms with Gasteiger partial charge in [-0.05, 0) is 119 Å². The first-order valence-electron chi connectivity index (χ1n) is 12.4. The van der Waals surface area contributed by atoms with Crippen LogP contribution in [0.3, 0.4) is 0 Å². The molecule has 2 N–H and O–H groups in total. The Morgan fingerprint density at radius 2 is 1.03 bits per heavy atom. The Hall–Kier alpha value is -3.84. The van der Waals surface area contributed by atoms with E-state index < -0.39 is 5.41 Å². The number of fused-ring (bicyclic) bond motifs is 4. The fraction of sp³-hybridized carbons (Fsp3) is 0.176. The van der Waals surface area contributed by atoms with Gasteiger partial charge in [-0.1, -0.05) is 72.8 Å². The summed E-state index contributed by atoms with van der Waals surface area (Å²) in [5.41, 5.74) is 21.1. The van der Waals surface area contributed by atoms with Crippen LogP contribution >= 0.6 is 0 Å². The van der Waals surface area contributed by atoms with Crippen molar-refractivity contribution >= 4 is 16.5 Å². The van der Waals surface area contributed by atoms with Gasteiger partial charge in [-0.25, -0.2) is 0 Å². The maximum absolute atomic E-state index is 6.46. The molecule has 0 heterocycles. The lowest BCUT2D eigenvalue weighted by atomic mass is 9.66. The van der Waals surface area contributed by atoms with Crippen LogP contribution in [0.5, 0.6) is 0 Å². The summed E-state index contributed by atoms with van der Waals surface area (Å²) < 4.78 is 0. The van der Waals surface area contributed by atoms with Crippen molar-refractivity contribution in [3.63, 3.8) is 0 Å². The Balaban J connectivity index is 1.85. The monoisotopic (exact) mass is 453 g/mol. The van der Waals surface area contributed by atoms with E-state index in [0.717, 1.165) is 16.8 Å². The maximum atomic E-state index is 6.46. The quantitative estimate of drug-likeness (QED) is 0.262. The molecule has 0 bridgehead atoms. The number of benzene rings is 5. The van der Waals surface area contributed by atoms with Gasteiger partial charge in [0.15, 0.2) is 0 Å². The zero-order chi connectivity index (χ0) is 24.5. The van der Waals surface area contributed by atoms with Crippen molar-refractivity contribution in [3.8, 4) is 11.1 Å². The molecule has 1 aliphatic carbocycles.